The van der Waals surface area contributed by atoms with E-state index in [2.05, 4.69) is 12.2 Å². The maximum atomic E-state index is 12.4. The first-order valence-electron chi connectivity index (χ1n) is 6.93. The van der Waals surface area contributed by atoms with Gasteiger partial charge in [0.1, 0.15) is 0 Å². The fraction of sp³-hybridized carbons (Fsp3) is 1.00. The van der Waals surface area contributed by atoms with Crippen LogP contribution in [0.3, 0.4) is 0 Å². The summed E-state index contributed by atoms with van der Waals surface area (Å²) in [7, 11) is -1.59. The summed E-state index contributed by atoms with van der Waals surface area (Å²) >= 11 is 1.67. The van der Waals surface area contributed by atoms with E-state index in [0.29, 0.717) is 25.6 Å². The standard InChI is InChI=1S/C12H27N3O2S2/c1-4-13-10-12-6-5-7-15(11-12)19(16,17)14(2)8-9-18-3/h12-13H,4-11H2,1-3H3. The van der Waals surface area contributed by atoms with Crippen LogP contribution < -0.4 is 5.32 Å². The van der Waals surface area contributed by atoms with E-state index in [9.17, 15) is 8.42 Å². The summed E-state index contributed by atoms with van der Waals surface area (Å²) in [5, 5.41) is 3.32. The third kappa shape index (κ3) is 5.23. The van der Waals surface area contributed by atoms with Crippen molar-refractivity contribution < 1.29 is 8.42 Å². The molecule has 0 aromatic carbocycles. The summed E-state index contributed by atoms with van der Waals surface area (Å²) in [4.78, 5) is 0. The monoisotopic (exact) mass is 309 g/mol. The van der Waals surface area contributed by atoms with E-state index in [1.54, 1.807) is 23.1 Å². The van der Waals surface area contributed by atoms with Gasteiger partial charge in [-0.2, -0.15) is 28.8 Å². The smallest absolute Gasteiger partial charge is 0.281 e. The second-order valence-corrected chi connectivity index (χ2v) is 8.02. The van der Waals surface area contributed by atoms with Crippen molar-refractivity contribution in [2.45, 2.75) is 19.8 Å². The Morgan fingerprint density at radius 3 is 2.84 bits per heavy atom. The minimum Gasteiger partial charge on any atom is -0.317 e. The van der Waals surface area contributed by atoms with Gasteiger partial charge in [0.05, 0.1) is 0 Å². The molecule has 19 heavy (non-hydrogen) atoms. The van der Waals surface area contributed by atoms with Crippen LogP contribution >= 0.6 is 11.8 Å². The Morgan fingerprint density at radius 1 is 1.47 bits per heavy atom. The third-order valence-corrected chi connectivity index (χ3v) is 6.04. The summed E-state index contributed by atoms with van der Waals surface area (Å²) in [5.74, 6) is 1.28. The van der Waals surface area contributed by atoms with Crippen molar-refractivity contribution in [1.29, 1.82) is 0 Å². The number of thioether (sulfide) groups is 1. The minimum absolute atomic E-state index is 0.442. The zero-order chi connectivity index (χ0) is 14.3. The van der Waals surface area contributed by atoms with E-state index in [0.717, 1.165) is 31.7 Å². The molecule has 0 aromatic heterocycles. The molecule has 0 spiro atoms. The van der Waals surface area contributed by atoms with E-state index in [1.807, 2.05) is 6.26 Å². The lowest BCUT2D eigenvalue weighted by atomic mass is 10.00. The molecular weight excluding hydrogens is 282 g/mol. The lowest BCUT2D eigenvalue weighted by Crippen LogP contribution is -2.48. The molecule has 1 rings (SSSR count). The Bertz CT molecular complexity index is 349. The van der Waals surface area contributed by atoms with Crippen LogP contribution in [0.1, 0.15) is 19.8 Å². The highest BCUT2D eigenvalue weighted by atomic mass is 32.2. The normalized spacial score (nSPS) is 22.0. The van der Waals surface area contributed by atoms with Gasteiger partial charge in [0.25, 0.3) is 10.2 Å². The van der Waals surface area contributed by atoms with Crippen molar-refractivity contribution >= 4 is 22.0 Å². The Hall–Kier alpha value is 0.180. The quantitative estimate of drug-likeness (QED) is 0.722. The molecule has 1 unspecified atom stereocenters. The molecule has 7 heteroatoms. The SMILES string of the molecule is CCNCC1CCCN(S(=O)(=O)N(C)CCSC)C1. The first kappa shape index (κ1) is 17.2. The van der Waals surface area contributed by atoms with Crippen molar-refractivity contribution in [2.24, 2.45) is 5.92 Å². The van der Waals surface area contributed by atoms with E-state index in [-0.39, 0.29) is 0 Å². The summed E-state index contributed by atoms with van der Waals surface area (Å²) < 4.78 is 28.0. The molecule has 0 aromatic rings. The molecule has 0 saturated carbocycles. The topological polar surface area (TPSA) is 52.7 Å². The Balaban J connectivity index is 2.56. The fourth-order valence-electron chi connectivity index (χ4n) is 2.28. The van der Waals surface area contributed by atoms with Crippen LogP contribution in [0, 0.1) is 5.92 Å². The lowest BCUT2D eigenvalue weighted by molar-refractivity contribution is 0.248. The van der Waals surface area contributed by atoms with Crippen LogP contribution in [0.15, 0.2) is 0 Å². The maximum absolute atomic E-state index is 12.4. The minimum atomic E-state index is -3.27. The van der Waals surface area contributed by atoms with Gasteiger partial charge in [0.15, 0.2) is 0 Å². The fourth-order valence-corrected chi connectivity index (χ4v) is 4.33. The van der Waals surface area contributed by atoms with Crippen LogP contribution in [0.5, 0.6) is 0 Å². The molecule has 0 bridgehead atoms. The molecule has 0 amide bonds. The van der Waals surface area contributed by atoms with Gasteiger partial charge in [-0.25, -0.2) is 0 Å². The summed E-state index contributed by atoms with van der Waals surface area (Å²) in [6.45, 7) is 5.83. The molecular formula is C12H27N3O2S2. The molecule has 5 nitrogen and oxygen atoms in total. The number of nitrogens with zero attached hydrogens (tertiary/aromatic N) is 2. The molecule has 1 heterocycles. The van der Waals surface area contributed by atoms with Gasteiger partial charge in [0, 0.05) is 32.4 Å². The van der Waals surface area contributed by atoms with Crippen LogP contribution in [0.2, 0.25) is 0 Å². The Labute approximate surface area is 122 Å². The second kappa shape index (κ2) is 8.46. The van der Waals surface area contributed by atoms with Gasteiger partial charge >= 0.3 is 0 Å². The molecule has 0 aliphatic carbocycles. The molecule has 1 N–H and O–H groups in total. The summed E-state index contributed by atoms with van der Waals surface area (Å²) in [6.07, 6.45) is 4.08. The number of nitrogens with one attached hydrogen (secondary N) is 1. The molecule has 1 atom stereocenters. The van der Waals surface area contributed by atoms with Gasteiger partial charge in [-0.3, -0.25) is 0 Å². The van der Waals surface area contributed by atoms with Crippen LogP contribution in [-0.4, -0.2) is 68.8 Å². The van der Waals surface area contributed by atoms with Gasteiger partial charge in [-0.15, -0.1) is 0 Å². The average molecular weight is 310 g/mol. The zero-order valence-electron chi connectivity index (χ0n) is 12.3. The molecule has 1 aliphatic rings. The summed E-state index contributed by atoms with van der Waals surface area (Å²) in [6, 6.07) is 0. The van der Waals surface area contributed by atoms with Crippen molar-refractivity contribution in [3.8, 4) is 0 Å². The predicted octanol–water partition coefficient (Wildman–Crippen LogP) is 0.848. The zero-order valence-corrected chi connectivity index (χ0v) is 13.9. The first-order chi connectivity index (χ1) is 9.02. The molecule has 1 saturated heterocycles. The number of hydrogen-bond donors (Lipinski definition) is 1. The third-order valence-electron chi connectivity index (χ3n) is 3.50. The van der Waals surface area contributed by atoms with Crippen molar-refractivity contribution in [1.82, 2.24) is 13.9 Å². The van der Waals surface area contributed by atoms with Crippen LogP contribution in [-0.2, 0) is 10.2 Å². The van der Waals surface area contributed by atoms with Crippen LogP contribution in [0.4, 0.5) is 0 Å². The highest BCUT2D eigenvalue weighted by Gasteiger charge is 2.31. The Morgan fingerprint density at radius 2 is 2.21 bits per heavy atom. The van der Waals surface area contributed by atoms with Crippen LogP contribution in [0.25, 0.3) is 0 Å². The first-order valence-corrected chi connectivity index (χ1v) is 9.72. The van der Waals surface area contributed by atoms with Gasteiger partial charge in [0.2, 0.25) is 0 Å². The number of hydrogen-bond acceptors (Lipinski definition) is 4. The van der Waals surface area contributed by atoms with E-state index in [4.69, 9.17) is 0 Å². The number of rotatable bonds is 8. The molecule has 1 aliphatic heterocycles. The van der Waals surface area contributed by atoms with Gasteiger partial charge in [-0.1, -0.05) is 6.92 Å². The van der Waals surface area contributed by atoms with Crippen molar-refractivity contribution in [2.75, 3.05) is 51.8 Å². The summed E-state index contributed by atoms with van der Waals surface area (Å²) in [5.41, 5.74) is 0. The highest BCUT2D eigenvalue weighted by Crippen LogP contribution is 2.20. The number of piperidine rings is 1. The van der Waals surface area contributed by atoms with E-state index >= 15 is 0 Å². The predicted molar refractivity (Wildman–Crippen MR) is 82.8 cm³/mol. The highest BCUT2D eigenvalue weighted by molar-refractivity contribution is 7.98. The Kier molecular flexibility index (Phi) is 7.68. The van der Waals surface area contributed by atoms with Gasteiger partial charge in [-0.05, 0) is 38.1 Å². The maximum Gasteiger partial charge on any atom is 0.281 e. The lowest BCUT2D eigenvalue weighted by Gasteiger charge is -2.34. The van der Waals surface area contributed by atoms with Gasteiger partial charge < -0.3 is 5.32 Å². The van der Waals surface area contributed by atoms with Crippen molar-refractivity contribution in [3.05, 3.63) is 0 Å². The molecule has 1 fully saturated rings. The van der Waals surface area contributed by atoms with E-state index < -0.39 is 10.2 Å². The van der Waals surface area contributed by atoms with Crippen molar-refractivity contribution in [3.63, 3.8) is 0 Å². The molecule has 114 valence electrons. The van der Waals surface area contributed by atoms with E-state index in [1.165, 1.54) is 4.31 Å². The largest absolute Gasteiger partial charge is 0.317 e. The molecule has 0 radical (unpaired) electrons. The second-order valence-electron chi connectivity index (χ2n) is 5.00. The average Bonchev–Trinajstić information content (AvgIpc) is 2.42.